The number of likely N-dealkylation sites (tertiary alicyclic amines) is 1. The lowest BCUT2D eigenvalue weighted by Gasteiger charge is -2.22. The SMILES string of the molecule is O=C(O)[C@@H]1CCCN1C(=O)Nc1ccc([N+](=O)[O-])cc1Br. The number of non-ortho nitro benzene ring substituents is 1. The van der Waals surface area contributed by atoms with Crippen LogP contribution >= 0.6 is 15.9 Å². The molecular weight excluding hydrogens is 346 g/mol. The van der Waals surface area contributed by atoms with Crippen LogP contribution in [0, 0.1) is 10.1 Å². The quantitative estimate of drug-likeness (QED) is 0.637. The zero-order valence-electron chi connectivity index (χ0n) is 10.8. The number of nitrogens with one attached hydrogen (secondary N) is 1. The van der Waals surface area contributed by atoms with Crippen LogP contribution in [0.25, 0.3) is 0 Å². The molecule has 1 aromatic carbocycles. The van der Waals surface area contributed by atoms with Crippen LogP contribution in [0.15, 0.2) is 22.7 Å². The fourth-order valence-corrected chi connectivity index (χ4v) is 2.64. The third-order valence-electron chi connectivity index (χ3n) is 3.20. The second-order valence-corrected chi connectivity index (χ2v) is 5.40. The molecule has 1 fully saturated rings. The first-order valence-corrected chi connectivity index (χ1v) is 6.94. The van der Waals surface area contributed by atoms with E-state index in [1.54, 1.807) is 0 Å². The summed E-state index contributed by atoms with van der Waals surface area (Å²) in [5.41, 5.74) is 0.242. The fraction of sp³-hybridized carbons (Fsp3) is 0.333. The molecule has 1 heterocycles. The van der Waals surface area contributed by atoms with Crippen LogP contribution in [0.1, 0.15) is 12.8 Å². The molecule has 2 amide bonds. The van der Waals surface area contributed by atoms with Crippen molar-refractivity contribution in [2.75, 3.05) is 11.9 Å². The minimum Gasteiger partial charge on any atom is -0.480 e. The average Bonchev–Trinajstić information content (AvgIpc) is 2.90. The molecule has 0 saturated carbocycles. The van der Waals surface area contributed by atoms with Crippen molar-refractivity contribution < 1.29 is 19.6 Å². The number of rotatable bonds is 3. The maximum atomic E-state index is 12.1. The second-order valence-electron chi connectivity index (χ2n) is 4.54. The first-order chi connectivity index (χ1) is 9.90. The average molecular weight is 358 g/mol. The van der Waals surface area contributed by atoms with Gasteiger partial charge in [-0.15, -0.1) is 0 Å². The van der Waals surface area contributed by atoms with Crippen LogP contribution in [-0.4, -0.2) is 39.5 Å². The Balaban J connectivity index is 2.13. The summed E-state index contributed by atoms with van der Waals surface area (Å²) in [7, 11) is 0. The molecule has 0 spiro atoms. The van der Waals surface area contributed by atoms with Crippen molar-refractivity contribution in [3.8, 4) is 0 Å². The molecule has 0 aromatic heterocycles. The van der Waals surface area contributed by atoms with E-state index in [2.05, 4.69) is 21.2 Å². The number of urea groups is 1. The van der Waals surface area contributed by atoms with E-state index in [0.29, 0.717) is 29.5 Å². The van der Waals surface area contributed by atoms with Crippen LogP contribution in [0.4, 0.5) is 16.2 Å². The summed E-state index contributed by atoms with van der Waals surface area (Å²) in [5, 5.41) is 22.2. The molecule has 1 saturated heterocycles. The van der Waals surface area contributed by atoms with Crippen molar-refractivity contribution in [2.45, 2.75) is 18.9 Å². The molecule has 8 nitrogen and oxygen atoms in total. The highest BCUT2D eigenvalue weighted by Crippen LogP contribution is 2.28. The van der Waals surface area contributed by atoms with Gasteiger partial charge in [0.2, 0.25) is 0 Å². The smallest absolute Gasteiger partial charge is 0.326 e. The number of amides is 2. The molecule has 1 atom stereocenters. The number of hydrogen-bond acceptors (Lipinski definition) is 4. The van der Waals surface area contributed by atoms with Crippen molar-refractivity contribution >= 4 is 39.3 Å². The summed E-state index contributed by atoms with van der Waals surface area (Å²) < 4.78 is 0.358. The topological polar surface area (TPSA) is 113 Å². The first-order valence-electron chi connectivity index (χ1n) is 6.14. The van der Waals surface area contributed by atoms with Crippen molar-refractivity contribution in [1.29, 1.82) is 0 Å². The number of halogens is 1. The van der Waals surface area contributed by atoms with Crippen LogP contribution in [0.2, 0.25) is 0 Å². The van der Waals surface area contributed by atoms with Gasteiger partial charge in [0, 0.05) is 23.2 Å². The van der Waals surface area contributed by atoms with E-state index in [-0.39, 0.29) is 5.69 Å². The molecule has 0 unspecified atom stereocenters. The van der Waals surface area contributed by atoms with Crippen LogP contribution in [0.3, 0.4) is 0 Å². The Morgan fingerprint density at radius 2 is 2.19 bits per heavy atom. The molecular formula is C12H12BrN3O5. The van der Waals surface area contributed by atoms with Gasteiger partial charge < -0.3 is 15.3 Å². The number of nitro benzene ring substituents is 1. The summed E-state index contributed by atoms with van der Waals surface area (Å²) in [4.78, 5) is 34.5. The highest BCUT2D eigenvalue weighted by molar-refractivity contribution is 9.10. The Labute approximate surface area is 128 Å². The van der Waals surface area contributed by atoms with E-state index in [1.165, 1.54) is 23.1 Å². The number of anilines is 1. The van der Waals surface area contributed by atoms with Crippen molar-refractivity contribution in [1.82, 2.24) is 4.90 Å². The Bertz CT molecular complexity index is 607. The summed E-state index contributed by atoms with van der Waals surface area (Å²) in [6.07, 6.45) is 1.05. The molecule has 2 N–H and O–H groups in total. The summed E-state index contributed by atoms with van der Waals surface area (Å²) in [6.45, 7) is 0.368. The van der Waals surface area contributed by atoms with Crippen molar-refractivity contribution in [2.24, 2.45) is 0 Å². The molecule has 21 heavy (non-hydrogen) atoms. The number of carboxylic acids is 1. The molecule has 0 bridgehead atoms. The second kappa shape index (κ2) is 6.08. The highest BCUT2D eigenvalue weighted by atomic mass is 79.9. The largest absolute Gasteiger partial charge is 0.480 e. The highest BCUT2D eigenvalue weighted by Gasteiger charge is 2.34. The van der Waals surface area contributed by atoms with E-state index in [1.807, 2.05) is 0 Å². The fourth-order valence-electron chi connectivity index (χ4n) is 2.17. The minimum atomic E-state index is -1.04. The summed E-state index contributed by atoms with van der Waals surface area (Å²) >= 11 is 3.14. The number of nitrogens with zero attached hydrogens (tertiary/aromatic N) is 2. The van der Waals surface area contributed by atoms with Gasteiger partial charge in [-0.05, 0) is 34.8 Å². The molecule has 112 valence electrons. The summed E-state index contributed by atoms with van der Waals surface area (Å²) in [5.74, 6) is -1.04. The lowest BCUT2D eigenvalue weighted by atomic mass is 10.2. The lowest BCUT2D eigenvalue weighted by molar-refractivity contribution is -0.384. The third kappa shape index (κ3) is 3.30. The van der Waals surface area contributed by atoms with Gasteiger partial charge in [-0.2, -0.15) is 0 Å². The number of aliphatic carboxylic acids is 1. The molecule has 1 aliphatic heterocycles. The van der Waals surface area contributed by atoms with Gasteiger partial charge in [-0.1, -0.05) is 0 Å². The zero-order chi connectivity index (χ0) is 15.6. The molecule has 0 aliphatic carbocycles. The van der Waals surface area contributed by atoms with Crippen molar-refractivity contribution in [3.63, 3.8) is 0 Å². The van der Waals surface area contributed by atoms with Gasteiger partial charge in [-0.3, -0.25) is 10.1 Å². The Hall–Kier alpha value is -2.16. The van der Waals surface area contributed by atoms with Gasteiger partial charge in [0.05, 0.1) is 10.6 Å². The molecule has 9 heteroatoms. The number of carboxylic acid groups (broad SMARTS) is 1. The maximum Gasteiger partial charge on any atom is 0.326 e. The van der Waals surface area contributed by atoms with Gasteiger partial charge in [0.1, 0.15) is 6.04 Å². The maximum absolute atomic E-state index is 12.1. The van der Waals surface area contributed by atoms with E-state index in [4.69, 9.17) is 5.11 Å². The first kappa shape index (κ1) is 15.2. The Morgan fingerprint density at radius 1 is 1.48 bits per heavy atom. The third-order valence-corrected chi connectivity index (χ3v) is 3.86. The molecule has 1 aliphatic rings. The minimum absolute atomic E-state index is 0.107. The van der Waals surface area contributed by atoms with Crippen LogP contribution in [-0.2, 0) is 4.79 Å². The lowest BCUT2D eigenvalue weighted by Crippen LogP contribution is -2.42. The standard InChI is InChI=1S/C12H12BrN3O5/c13-8-6-7(16(20)21)3-4-9(8)14-12(19)15-5-1-2-10(15)11(17)18/h3-4,6,10H,1-2,5H2,(H,14,19)(H,17,18)/t10-/m0/s1. The zero-order valence-corrected chi connectivity index (χ0v) is 12.4. The van der Waals surface area contributed by atoms with Gasteiger partial charge in [0.25, 0.3) is 5.69 Å². The Kier molecular flexibility index (Phi) is 4.41. The number of benzene rings is 1. The van der Waals surface area contributed by atoms with Crippen molar-refractivity contribution in [3.05, 3.63) is 32.8 Å². The van der Waals surface area contributed by atoms with E-state index >= 15 is 0 Å². The summed E-state index contributed by atoms with van der Waals surface area (Å²) in [6, 6.07) is 2.57. The molecule has 0 radical (unpaired) electrons. The number of carbonyl (C=O) groups is 2. The molecule has 2 rings (SSSR count). The normalized spacial score (nSPS) is 17.6. The van der Waals surface area contributed by atoms with E-state index in [9.17, 15) is 19.7 Å². The number of nitro groups is 1. The van der Waals surface area contributed by atoms with Crippen LogP contribution in [0.5, 0.6) is 0 Å². The van der Waals surface area contributed by atoms with E-state index in [0.717, 1.165) is 0 Å². The number of carbonyl (C=O) groups excluding carboxylic acids is 1. The van der Waals surface area contributed by atoms with Gasteiger partial charge in [-0.25, -0.2) is 9.59 Å². The monoisotopic (exact) mass is 357 g/mol. The molecule has 1 aromatic rings. The predicted octanol–water partition coefficient (Wildman–Crippen LogP) is 2.44. The van der Waals surface area contributed by atoms with E-state index < -0.39 is 23.0 Å². The van der Waals surface area contributed by atoms with Gasteiger partial charge in [0.15, 0.2) is 0 Å². The van der Waals surface area contributed by atoms with Gasteiger partial charge >= 0.3 is 12.0 Å². The number of hydrogen-bond donors (Lipinski definition) is 2. The Morgan fingerprint density at radius 3 is 2.76 bits per heavy atom. The predicted molar refractivity (Wildman–Crippen MR) is 77.2 cm³/mol. The van der Waals surface area contributed by atoms with Crippen LogP contribution < -0.4 is 5.32 Å².